The quantitative estimate of drug-likeness (QED) is 0.651. The Morgan fingerprint density at radius 1 is 1.56 bits per heavy atom. The smallest absolute Gasteiger partial charge is 0.288 e. The van der Waals surface area contributed by atoms with E-state index in [4.69, 9.17) is 17.3 Å². The molecule has 1 unspecified atom stereocenters. The second-order valence-corrected chi connectivity index (χ2v) is 4.29. The molecule has 16 heavy (non-hydrogen) atoms. The predicted molar refractivity (Wildman–Crippen MR) is 64.5 cm³/mol. The lowest BCUT2D eigenvalue weighted by Gasteiger charge is -2.18. The average molecular weight is 243 g/mol. The van der Waals surface area contributed by atoms with E-state index in [2.05, 4.69) is 0 Å². The number of benzene rings is 1. The minimum Gasteiger partial charge on any atom is -0.324 e. The van der Waals surface area contributed by atoms with Gasteiger partial charge in [0.15, 0.2) is 0 Å². The largest absolute Gasteiger partial charge is 0.324 e. The zero-order chi connectivity index (χ0) is 12.3. The second kappa shape index (κ2) is 5.27. The molecule has 88 valence electrons. The van der Waals surface area contributed by atoms with Gasteiger partial charge in [0.05, 0.1) is 4.92 Å². The van der Waals surface area contributed by atoms with E-state index in [-0.39, 0.29) is 22.7 Å². The molecule has 2 atom stereocenters. The summed E-state index contributed by atoms with van der Waals surface area (Å²) in [5.74, 6) is 0.278. The number of hydrogen-bond acceptors (Lipinski definition) is 3. The third kappa shape index (κ3) is 2.71. The fourth-order valence-electron chi connectivity index (χ4n) is 1.46. The van der Waals surface area contributed by atoms with Crippen molar-refractivity contribution in [2.24, 2.45) is 11.7 Å². The normalized spacial score (nSPS) is 14.5. The first-order valence-corrected chi connectivity index (χ1v) is 5.54. The van der Waals surface area contributed by atoms with Crippen LogP contribution in [0.4, 0.5) is 5.69 Å². The van der Waals surface area contributed by atoms with E-state index in [0.29, 0.717) is 0 Å². The Labute approximate surface area is 99.6 Å². The Morgan fingerprint density at radius 2 is 2.19 bits per heavy atom. The summed E-state index contributed by atoms with van der Waals surface area (Å²) in [4.78, 5) is 10.2. The monoisotopic (exact) mass is 242 g/mol. The van der Waals surface area contributed by atoms with E-state index in [1.807, 2.05) is 13.8 Å². The molecule has 2 N–H and O–H groups in total. The minimum absolute atomic E-state index is 0.0853. The van der Waals surface area contributed by atoms with Gasteiger partial charge in [0.1, 0.15) is 5.02 Å². The van der Waals surface area contributed by atoms with Gasteiger partial charge in [0, 0.05) is 12.1 Å². The van der Waals surface area contributed by atoms with Crippen LogP contribution in [-0.2, 0) is 0 Å². The van der Waals surface area contributed by atoms with Gasteiger partial charge in [-0.3, -0.25) is 10.1 Å². The minimum atomic E-state index is -0.491. The molecule has 1 rings (SSSR count). The van der Waals surface area contributed by atoms with E-state index in [1.54, 1.807) is 6.07 Å². The predicted octanol–water partition coefficient (Wildman–Crippen LogP) is 3.29. The third-order valence-electron chi connectivity index (χ3n) is 2.81. The zero-order valence-corrected chi connectivity index (χ0v) is 10.1. The summed E-state index contributed by atoms with van der Waals surface area (Å²) in [6, 6.07) is 4.53. The van der Waals surface area contributed by atoms with Crippen LogP contribution >= 0.6 is 11.6 Å². The molecular weight excluding hydrogens is 228 g/mol. The highest BCUT2D eigenvalue weighted by Crippen LogP contribution is 2.30. The Hall–Kier alpha value is -1.13. The van der Waals surface area contributed by atoms with Crippen molar-refractivity contribution in [3.8, 4) is 0 Å². The van der Waals surface area contributed by atoms with Crippen molar-refractivity contribution in [1.82, 2.24) is 0 Å². The molecule has 1 aromatic carbocycles. The van der Waals surface area contributed by atoms with Crippen molar-refractivity contribution in [2.75, 3.05) is 0 Å². The number of nitro groups is 1. The summed E-state index contributed by atoms with van der Waals surface area (Å²) in [6.07, 6.45) is 0.928. The maximum atomic E-state index is 10.7. The lowest BCUT2D eigenvalue weighted by molar-refractivity contribution is -0.384. The average Bonchev–Trinajstić information content (AvgIpc) is 2.27. The van der Waals surface area contributed by atoms with Crippen LogP contribution in [0.3, 0.4) is 0 Å². The Morgan fingerprint density at radius 3 is 2.69 bits per heavy atom. The lowest BCUT2D eigenvalue weighted by Crippen LogP contribution is -2.18. The highest BCUT2D eigenvalue weighted by molar-refractivity contribution is 6.32. The molecular formula is C11H15ClN2O2. The van der Waals surface area contributed by atoms with E-state index in [0.717, 1.165) is 12.0 Å². The molecule has 0 aromatic heterocycles. The van der Waals surface area contributed by atoms with Crippen LogP contribution < -0.4 is 5.73 Å². The maximum absolute atomic E-state index is 10.7. The van der Waals surface area contributed by atoms with Gasteiger partial charge in [-0.1, -0.05) is 37.9 Å². The number of rotatable bonds is 4. The highest BCUT2D eigenvalue weighted by Gasteiger charge is 2.18. The van der Waals surface area contributed by atoms with Gasteiger partial charge in [-0.25, -0.2) is 0 Å². The molecule has 5 heteroatoms. The molecule has 4 nitrogen and oxygen atoms in total. The molecule has 0 aliphatic carbocycles. The first-order valence-electron chi connectivity index (χ1n) is 5.16. The zero-order valence-electron chi connectivity index (χ0n) is 9.31. The summed E-state index contributed by atoms with van der Waals surface area (Å²) in [5, 5.41) is 10.9. The number of hydrogen-bond donors (Lipinski definition) is 1. The van der Waals surface area contributed by atoms with Gasteiger partial charge in [0.2, 0.25) is 0 Å². The van der Waals surface area contributed by atoms with Crippen LogP contribution in [0.25, 0.3) is 0 Å². The van der Waals surface area contributed by atoms with E-state index < -0.39 is 4.92 Å². The van der Waals surface area contributed by atoms with Crippen molar-refractivity contribution in [3.63, 3.8) is 0 Å². The molecule has 0 heterocycles. The number of nitro benzene ring substituents is 1. The molecule has 0 saturated heterocycles. The number of halogens is 1. The van der Waals surface area contributed by atoms with Crippen molar-refractivity contribution < 1.29 is 4.92 Å². The van der Waals surface area contributed by atoms with Gasteiger partial charge in [-0.2, -0.15) is 0 Å². The molecule has 0 spiro atoms. The molecule has 0 radical (unpaired) electrons. The van der Waals surface area contributed by atoms with Crippen LogP contribution in [0.2, 0.25) is 5.02 Å². The van der Waals surface area contributed by atoms with Crippen LogP contribution in [0.15, 0.2) is 18.2 Å². The Balaban J connectivity index is 3.07. The summed E-state index contributed by atoms with van der Waals surface area (Å²) < 4.78 is 0. The third-order valence-corrected chi connectivity index (χ3v) is 3.13. The Bertz CT molecular complexity index is 396. The molecule has 0 aliphatic heterocycles. The standard InChI is InChI=1S/C11H15ClN2O2/c1-3-7(2)11(13)8-4-5-9(12)10(6-8)14(15)16/h4-7,11H,3,13H2,1-2H3/t7?,11-/m0/s1. The van der Waals surface area contributed by atoms with Crippen LogP contribution in [-0.4, -0.2) is 4.92 Å². The molecule has 0 bridgehead atoms. The topological polar surface area (TPSA) is 69.2 Å². The Kier molecular flexibility index (Phi) is 4.26. The van der Waals surface area contributed by atoms with E-state index >= 15 is 0 Å². The first kappa shape index (κ1) is 12.9. The number of nitrogens with two attached hydrogens (primary N) is 1. The van der Waals surface area contributed by atoms with Crippen molar-refractivity contribution in [2.45, 2.75) is 26.3 Å². The molecule has 0 fully saturated rings. The summed E-state index contributed by atoms with van der Waals surface area (Å²) >= 11 is 5.73. The fraction of sp³-hybridized carbons (Fsp3) is 0.455. The van der Waals surface area contributed by atoms with Gasteiger partial charge < -0.3 is 5.73 Å². The van der Waals surface area contributed by atoms with Crippen molar-refractivity contribution in [1.29, 1.82) is 0 Å². The van der Waals surface area contributed by atoms with Gasteiger partial charge in [-0.05, 0) is 17.5 Å². The second-order valence-electron chi connectivity index (χ2n) is 3.88. The SMILES string of the molecule is CCC(C)[C@H](N)c1ccc(Cl)c([N+](=O)[O-])c1. The molecule has 0 saturated carbocycles. The van der Waals surface area contributed by atoms with E-state index in [1.165, 1.54) is 12.1 Å². The lowest BCUT2D eigenvalue weighted by atomic mass is 9.93. The highest BCUT2D eigenvalue weighted by atomic mass is 35.5. The van der Waals surface area contributed by atoms with Crippen LogP contribution in [0, 0.1) is 16.0 Å². The molecule has 0 aliphatic rings. The number of nitrogens with zero attached hydrogens (tertiary/aromatic N) is 1. The van der Waals surface area contributed by atoms with Crippen LogP contribution in [0.1, 0.15) is 31.9 Å². The summed E-state index contributed by atoms with van der Waals surface area (Å²) in [5.41, 5.74) is 6.67. The van der Waals surface area contributed by atoms with Gasteiger partial charge >= 0.3 is 0 Å². The maximum Gasteiger partial charge on any atom is 0.288 e. The van der Waals surface area contributed by atoms with Gasteiger partial charge in [0.25, 0.3) is 5.69 Å². The summed E-state index contributed by atoms with van der Waals surface area (Å²) in [6.45, 7) is 4.06. The van der Waals surface area contributed by atoms with E-state index in [9.17, 15) is 10.1 Å². The van der Waals surface area contributed by atoms with Crippen molar-refractivity contribution in [3.05, 3.63) is 38.9 Å². The molecule has 0 amide bonds. The van der Waals surface area contributed by atoms with Gasteiger partial charge in [-0.15, -0.1) is 0 Å². The fourth-order valence-corrected chi connectivity index (χ4v) is 1.65. The first-order chi connectivity index (χ1) is 7.47. The van der Waals surface area contributed by atoms with Crippen molar-refractivity contribution >= 4 is 17.3 Å². The summed E-state index contributed by atoms with van der Waals surface area (Å²) in [7, 11) is 0. The molecule has 1 aromatic rings. The van der Waals surface area contributed by atoms with Crippen LogP contribution in [0.5, 0.6) is 0 Å².